The average Bonchev–Trinajstić information content (AvgIpc) is 2.72. The van der Waals surface area contributed by atoms with Gasteiger partial charge in [-0.05, 0) is 55.7 Å². The fraction of sp³-hybridized carbons (Fsp3) is 0.652. The van der Waals surface area contributed by atoms with Crippen molar-refractivity contribution in [1.82, 2.24) is 0 Å². The van der Waals surface area contributed by atoms with Crippen LogP contribution >= 0.6 is 0 Å². The molecule has 0 aliphatic heterocycles. The van der Waals surface area contributed by atoms with Gasteiger partial charge in [-0.15, -0.1) is 0 Å². The summed E-state index contributed by atoms with van der Waals surface area (Å²) >= 11 is 0. The van der Waals surface area contributed by atoms with Crippen LogP contribution in [0.4, 0.5) is 0 Å². The molecule has 0 radical (unpaired) electrons. The maximum absolute atomic E-state index is 10.6. The Morgan fingerprint density at radius 2 is 1.17 bits per heavy atom. The number of amides is 2. The second-order valence-corrected chi connectivity index (χ2v) is 8.05. The van der Waals surface area contributed by atoms with Crippen LogP contribution in [0.5, 0.6) is 0 Å². The molecule has 6 nitrogen and oxygen atoms in total. The van der Waals surface area contributed by atoms with Gasteiger partial charge in [-0.2, -0.15) is 0 Å². The summed E-state index contributed by atoms with van der Waals surface area (Å²) in [5, 5.41) is 0. The molecule has 1 rings (SSSR count). The summed E-state index contributed by atoms with van der Waals surface area (Å²) in [5.74, 6) is 0.210. The summed E-state index contributed by atoms with van der Waals surface area (Å²) in [6.45, 7) is 8.91. The number of hydrogen-bond donors (Lipinski definition) is 4. The molecule has 0 saturated carbocycles. The molecule has 1 aromatic rings. The molecule has 4 unspecified atom stereocenters. The van der Waals surface area contributed by atoms with E-state index in [2.05, 4.69) is 27.7 Å². The molecule has 0 aromatic heterocycles. The summed E-state index contributed by atoms with van der Waals surface area (Å²) in [6, 6.07) is 6.75. The Bertz CT molecular complexity index is 559. The van der Waals surface area contributed by atoms with Gasteiger partial charge in [0.05, 0.1) is 0 Å². The lowest BCUT2D eigenvalue weighted by atomic mass is 9.91. The van der Waals surface area contributed by atoms with Crippen LogP contribution in [0.15, 0.2) is 24.3 Å². The lowest BCUT2D eigenvalue weighted by molar-refractivity contribution is 0.0999. The number of benzene rings is 1. The second-order valence-electron chi connectivity index (χ2n) is 8.05. The minimum atomic E-state index is -0.571. The molecule has 2 amide bonds. The van der Waals surface area contributed by atoms with E-state index in [4.69, 9.17) is 22.9 Å². The molecule has 0 fully saturated rings. The molecule has 0 heterocycles. The van der Waals surface area contributed by atoms with E-state index in [-0.39, 0.29) is 11.1 Å². The first-order chi connectivity index (χ1) is 13.6. The Hall–Kier alpha value is -1.92. The fourth-order valence-corrected chi connectivity index (χ4v) is 3.17. The number of carbonyl (C=O) groups is 2. The quantitative estimate of drug-likeness (QED) is 0.394. The Morgan fingerprint density at radius 1 is 0.793 bits per heavy atom. The van der Waals surface area contributed by atoms with E-state index < -0.39 is 11.8 Å². The largest absolute Gasteiger partial charge is 0.366 e. The van der Waals surface area contributed by atoms with E-state index in [0.717, 1.165) is 12.8 Å². The van der Waals surface area contributed by atoms with Gasteiger partial charge in [0.2, 0.25) is 11.8 Å². The molecule has 8 N–H and O–H groups in total. The Morgan fingerprint density at radius 3 is 1.48 bits per heavy atom. The normalized spacial score (nSPS) is 14.8. The number of rotatable bonds is 12. The lowest BCUT2D eigenvalue weighted by Gasteiger charge is -2.19. The summed E-state index contributed by atoms with van der Waals surface area (Å²) in [5.41, 5.74) is 22.6. The smallest absolute Gasteiger partial charge is 0.248 e. The first kappa shape index (κ1) is 27.1. The molecule has 4 atom stereocenters. The summed E-state index contributed by atoms with van der Waals surface area (Å²) in [4.78, 5) is 21.3. The summed E-state index contributed by atoms with van der Waals surface area (Å²) in [6.07, 6.45) is 8.74. The standard InChI is InChI=1S/C15H34N2.C8H8N2O2/c1-5-14(16)12(3)10-8-7-9-11-13(4)15(17)6-2;9-7(11)5-2-1-3-6(4-5)8(10)12/h12-15H,5-11,16-17H2,1-4H3;1-4H,(H2,9,11)(H2,10,12). The number of carbonyl (C=O) groups excluding carboxylic acids is 2. The summed E-state index contributed by atoms with van der Waals surface area (Å²) < 4.78 is 0. The Balaban J connectivity index is 0.000000571. The van der Waals surface area contributed by atoms with Crippen molar-refractivity contribution in [2.24, 2.45) is 34.8 Å². The SMILES string of the molecule is CCC(N)C(C)CCCCCC(C)C(N)CC.NC(=O)c1cccc(C(N)=O)c1. The van der Waals surface area contributed by atoms with E-state index in [1.165, 1.54) is 50.3 Å². The Kier molecular flexibility index (Phi) is 14.0. The van der Waals surface area contributed by atoms with Gasteiger partial charge < -0.3 is 22.9 Å². The predicted molar refractivity (Wildman–Crippen MR) is 121 cm³/mol. The van der Waals surface area contributed by atoms with Crippen molar-refractivity contribution in [3.8, 4) is 0 Å². The van der Waals surface area contributed by atoms with Gasteiger partial charge in [0.1, 0.15) is 0 Å². The average molecular weight is 407 g/mol. The minimum absolute atomic E-state index is 0.284. The lowest BCUT2D eigenvalue weighted by Crippen LogP contribution is -2.27. The van der Waals surface area contributed by atoms with Gasteiger partial charge in [-0.3, -0.25) is 9.59 Å². The van der Waals surface area contributed by atoms with E-state index >= 15 is 0 Å². The third kappa shape index (κ3) is 11.6. The van der Waals surface area contributed by atoms with E-state index in [1.54, 1.807) is 6.07 Å². The second kappa shape index (κ2) is 15.0. The van der Waals surface area contributed by atoms with Crippen LogP contribution in [0, 0.1) is 11.8 Å². The van der Waals surface area contributed by atoms with Gasteiger partial charge in [0, 0.05) is 23.2 Å². The van der Waals surface area contributed by atoms with Crippen LogP contribution in [0.1, 0.15) is 93.4 Å². The van der Waals surface area contributed by atoms with Crippen molar-refractivity contribution < 1.29 is 9.59 Å². The Labute approximate surface area is 176 Å². The molecule has 29 heavy (non-hydrogen) atoms. The van der Waals surface area contributed by atoms with Crippen molar-refractivity contribution in [2.45, 2.75) is 84.7 Å². The third-order valence-corrected chi connectivity index (χ3v) is 5.66. The van der Waals surface area contributed by atoms with Gasteiger partial charge in [-0.1, -0.05) is 53.0 Å². The van der Waals surface area contributed by atoms with Crippen molar-refractivity contribution in [3.63, 3.8) is 0 Å². The van der Waals surface area contributed by atoms with Crippen molar-refractivity contribution in [3.05, 3.63) is 35.4 Å². The molecular formula is C23H42N4O2. The fourth-order valence-electron chi connectivity index (χ4n) is 3.17. The maximum atomic E-state index is 10.6. The first-order valence-corrected chi connectivity index (χ1v) is 10.8. The van der Waals surface area contributed by atoms with E-state index in [1.807, 2.05) is 0 Å². The molecule has 6 heteroatoms. The van der Waals surface area contributed by atoms with Gasteiger partial charge >= 0.3 is 0 Å². The molecule has 0 aliphatic rings. The van der Waals surface area contributed by atoms with E-state index in [0.29, 0.717) is 23.9 Å². The molecule has 0 spiro atoms. The van der Waals surface area contributed by atoms with Crippen LogP contribution < -0.4 is 22.9 Å². The predicted octanol–water partition coefficient (Wildman–Crippen LogP) is 3.57. The number of primary amides is 2. The molecule has 0 saturated heterocycles. The zero-order valence-corrected chi connectivity index (χ0v) is 18.7. The minimum Gasteiger partial charge on any atom is -0.366 e. The molecule has 166 valence electrons. The maximum Gasteiger partial charge on any atom is 0.248 e. The van der Waals surface area contributed by atoms with Crippen molar-refractivity contribution in [2.75, 3.05) is 0 Å². The number of nitrogens with two attached hydrogens (primary N) is 4. The van der Waals surface area contributed by atoms with Gasteiger partial charge in [0.25, 0.3) is 0 Å². The highest BCUT2D eigenvalue weighted by Crippen LogP contribution is 2.18. The summed E-state index contributed by atoms with van der Waals surface area (Å²) in [7, 11) is 0. The zero-order valence-electron chi connectivity index (χ0n) is 18.7. The van der Waals surface area contributed by atoms with Crippen molar-refractivity contribution in [1.29, 1.82) is 0 Å². The zero-order chi connectivity index (χ0) is 22.4. The van der Waals surface area contributed by atoms with Gasteiger partial charge in [0.15, 0.2) is 0 Å². The third-order valence-electron chi connectivity index (χ3n) is 5.66. The molecule has 1 aromatic carbocycles. The molecule has 0 aliphatic carbocycles. The van der Waals surface area contributed by atoms with E-state index in [9.17, 15) is 9.59 Å². The molecule has 0 bridgehead atoms. The van der Waals surface area contributed by atoms with Crippen LogP contribution in [0.3, 0.4) is 0 Å². The number of hydrogen-bond acceptors (Lipinski definition) is 4. The van der Waals surface area contributed by atoms with Crippen LogP contribution in [0.2, 0.25) is 0 Å². The highest BCUT2D eigenvalue weighted by Gasteiger charge is 2.11. The number of unbranched alkanes of at least 4 members (excludes halogenated alkanes) is 2. The topological polar surface area (TPSA) is 138 Å². The van der Waals surface area contributed by atoms with Crippen LogP contribution in [-0.2, 0) is 0 Å². The monoisotopic (exact) mass is 406 g/mol. The van der Waals surface area contributed by atoms with Crippen LogP contribution in [-0.4, -0.2) is 23.9 Å². The van der Waals surface area contributed by atoms with Gasteiger partial charge in [-0.25, -0.2) is 0 Å². The highest BCUT2D eigenvalue weighted by molar-refractivity contribution is 5.98. The highest BCUT2D eigenvalue weighted by atomic mass is 16.1. The van der Waals surface area contributed by atoms with Crippen LogP contribution in [0.25, 0.3) is 0 Å². The van der Waals surface area contributed by atoms with Crippen molar-refractivity contribution >= 4 is 11.8 Å². The first-order valence-electron chi connectivity index (χ1n) is 10.8. The molecular weight excluding hydrogens is 364 g/mol.